The molecule has 0 spiro atoms. The van der Waals surface area contributed by atoms with Crippen molar-refractivity contribution >= 4 is 10.2 Å². The molecule has 16 heavy (non-hydrogen) atoms. The molecule has 0 fully saturated rings. The van der Waals surface area contributed by atoms with Gasteiger partial charge in [-0.15, -0.1) is 3.89 Å². The van der Waals surface area contributed by atoms with E-state index in [4.69, 9.17) is 0 Å². The Morgan fingerprint density at radius 3 is 2.19 bits per heavy atom. The smallest absolute Gasteiger partial charge is 0.257 e. The summed E-state index contributed by atoms with van der Waals surface area (Å²) in [6.07, 6.45) is -3.67. The lowest BCUT2D eigenvalue weighted by molar-refractivity contribution is -0.141. The SMILES string of the molecule is O=S(=O)(F)CCc1cnc(C(F)(F)F)cn1. The first-order chi connectivity index (χ1) is 7.18. The van der Waals surface area contributed by atoms with E-state index >= 15 is 0 Å². The first-order valence-corrected chi connectivity index (χ1v) is 5.54. The van der Waals surface area contributed by atoms with Gasteiger partial charge in [0.1, 0.15) is 0 Å². The van der Waals surface area contributed by atoms with Gasteiger partial charge < -0.3 is 0 Å². The molecule has 0 saturated carbocycles. The van der Waals surface area contributed by atoms with Gasteiger partial charge in [0.25, 0.3) is 0 Å². The van der Waals surface area contributed by atoms with E-state index in [1.807, 2.05) is 0 Å². The third kappa shape index (κ3) is 4.09. The van der Waals surface area contributed by atoms with Crippen LogP contribution in [-0.2, 0) is 22.8 Å². The number of rotatable bonds is 3. The number of aryl methyl sites for hydroxylation is 1. The summed E-state index contributed by atoms with van der Waals surface area (Å²) in [6.45, 7) is 0. The third-order valence-corrected chi connectivity index (χ3v) is 2.29. The maximum absolute atomic E-state index is 12.1. The first kappa shape index (κ1) is 12.8. The molecule has 0 aliphatic rings. The topological polar surface area (TPSA) is 59.9 Å². The summed E-state index contributed by atoms with van der Waals surface area (Å²) in [5, 5.41) is 0. The molecular weight excluding hydrogens is 252 g/mol. The Morgan fingerprint density at radius 1 is 1.19 bits per heavy atom. The molecule has 1 aromatic heterocycles. The molecule has 0 amide bonds. The maximum Gasteiger partial charge on any atom is 0.434 e. The standard InChI is InChI=1S/C7H6F4N2O2S/c8-7(9,10)6-4-12-5(3-13-6)1-2-16(11,14)15/h3-4H,1-2H2. The highest BCUT2D eigenvalue weighted by Gasteiger charge is 2.32. The number of halogens is 4. The third-order valence-electron chi connectivity index (χ3n) is 1.60. The van der Waals surface area contributed by atoms with Crippen LogP contribution in [0.4, 0.5) is 17.1 Å². The van der Waals surface area contributed by atoms with E-state index in [1.54, 1.807) is 0 Å². The summed E-state index contributed by atoms with van der Waals surface area (Å²) >= 11 is 0. The summed E-state index contributed by atoms with van der Waals surface area (Å²) in [4.78, 5) is 6.38. The Morgan fingerprint density at radius 2 is 1.81 bits per heavy atom. The first-order valence-electron chi connectivity index (χ1n) is 3.99. The number of hydrogen-bond acceptors (Lipinski definition) is 4. The zero-order chi connectivity index (χ0) is 12.4. The quantitative estimate of drug-likeness (QED) is 0.606. The average molecular weight is 258 g/mol. The summed E-state index contributed by atoms with van der Waals surface area (Å²) in [5.41, 5.74) is -1.20. The molecule has 0 aliphatic heterocycles. The van der Waals surface area contributed by atoms with Crippen LogP contribution in [-0.4, -0.2) is 24.1 Å². The van der Waals surface area contributed by atoms with E-state index in [1.165, 1.54) is 0 Å². The van der Waals surface area contributed by atoms with E-state index in [0.717, 1.165) is 6.20 Å². The molecule has 0 aliphatic carbocycles. The Balaban J connectivity index is 2.73. The maximum atomic E-state index is 12.1. The van der Waals surface area contributed by atoms with Gasteiger partial charge in [0, 0.05) is 12.6 Å². The fourth-order valence-electron chi connectivity index (χ4n) is 0.857. The summed E-state index contributed by atoms with van der Waals surface area (Å²) in [6, 6.07) is 0. The van der Waals surface area contributed by atoms with E-state index in [-0.39, 0.29) is 12.1 Å². The predicted octanol–water partition coefficient (Wildman–Crippen LogP) is 1.34. The lowest BCUT2D eigenvalue weighted by atomic mass is 10.3. The van der Waals surface area contributed by atoms with Gasteiger partial charge in [-0.1, -0.05) is 0 Å². The van der Waals surface area contributed by atoms with Crippen molar-refractivity contribution in [2.24, 2.45) is 0 Å². The Labute approximate surface area is 88.5 Å². The van der Waals surface area contributed by atoms with Crippen molar-refractivity contribution in [2.45, 2.75) is 12.6 Å². The Hall–Kier alpha value is -1.25. The second-order valence-electron chi connectivity index (χ2n) is 2.88. The van der Waals surface area contributed by atoms with Crippen molar-refractivity contribution < 1.29 is 25.5 Å². The fraction of sp³-hybridized carbons (Fsp3) is 0.429. The van der Waals surface area contributed by atoms with Crippen molar-refractivity contribution in [3.63, 3.8) is 0 Å². The van der Waals surface area contributed by atoms with Crippen LogP contribution < -0.4 is 0 Å². The Bertz CT molecular complexity index is 454. The van der Waals surface area contributed by atoms with Crippen molar-refractivity contribution in [2.75, 3.05) is 5.75 Å². The van der Waals surface area contributed by atoms with E-state index < -0.39 is 27.8 Å². The minimum atomic E-state index is -4.65. The van der Waals surface area contributed by atoms with Gasteiger partial charge in [-0.3, -0.25) is 4.98 Å². The number of nitrogens with zero attached hydrogens (tertiary/aromatic N) is 2. The summed E-state index contributed by atoms with van der Waals surface area (Å²) in [5.74, 6) is -0.826. The van der Waals surface area contributed by atoms with Crippen molar-refractivity contribution in [1.82, 2.24) is 9.97 Å². The van der Waals surface area contributed by atoms with Crippen molar-refractivity contribution in [3.05, 3.63) is 23.8 Å². The molecule has 9 heteroatoms. The van der Waals surface area contributed by atoms with Crippen molar-refractivity contribution in [3.8, 4) is 0 Å². The monoisotopic (exact) mass is 258 g/mol. The van der Waals surface area contributed by atoms with Crippen LogP contribution in [0.15, 0.2) is 12.4 Å². The predicted molar refractivity (Wildman–Crippen MR) is 45.6 cm³/mol. The highest BCUT2D eigenvalue weighted by Crippen LogP contribution is 2.26. The van der Waals surface area contributed by atoms with Gasteiger partial charge in [-0.05, 0) is 0 Å². The van der Waals surface area contributed by atoms with E-state index in [2.05, 4.69) is 9.97 Å². The molecule has 0 radical (unpaired) electrons. The summed E-state index contributed by atoms with van der Waals surface area (Å²) < 4.78 is 68.5. The number of alkyl halides is 3. The van der Waals surface area contributed by atoms with Gasteiger partial charge >= 0.3 is 16.4 Å². The van der Waals surface area contributed by atoms with E-state index in [9.17, 15) is 25.5 Å². The summed E-state index contributed by atoms with van der Waals surface area (Å²) in [7, 11) is -4.65. The van der Waals surface area contributed by atoms with Crippen LogP contribution in [0.2, 0.25) is 0 Å². The lowest BCUT2D eigenvalue weighted by Gasteiger charge is -2.04. The highest BCUT2D eigenvalue weighted by atomic mass is 32.3. The molecule has 4 nitrogen and oxygen atoms in total. The van der Waals surface area contributed by atoms with Crippen LogP contribution in [0, 0.1) is 0 Å². The molecule has 1 rings (SSSR count). The minimum absolute atomic E-state index is 0.0192. The van der Waals surface area contributed by atoms with Crippen LogP contribution in [0.1, 0.15) is 11.4 Å². The molecule has 0 N–H and O–H groups in total. The van der Waals surface area contributed by atoms with Gasteiger partial charge in [0.2, 0.25) is 0 Å². The fourth-order valence-corrected chi connectivity index (χ4v) is 1.31. The molecular formula is C7H6F4N2O2S. The zero-order valence-electron chi connectivity index (χ0n) is 7.70. The normalized spacial score (nSPS) is 12.8. The minimum Gasteiger partial charge on any atom is -0.257 e. The van der Waals surface area contributed by atoms with Gasteiger partial charge in [-0.25, -0.2) is 4.98 Å². The van der Waals surface area contributed by atoms with E-state index in [0.29, 0.717) is 6.20 Å². The molecule has 90 valence electrons. The Kier molecular flexibility index (Phi) is 3.46. The van der Waals surface area contributed by atoms with Crippen LogP contribution in [0.25, 0.3) is 0 Å². The van der Waals surface area contributed by atoms with Gasteiger partial charge in [0.15, 0.2) is 5.69 Å². The zero-order valence-corrected chi connectivity index (χ0v) is 8.52. The largest absolute Gasteiger partial charge is 0.434 e. The second-order valence-corrected chi connectivity index (χ2v) is 4.37. The molecule has 0 saturated heterocycles. The van der Waals surface area contributed by atoms with Crippen LogP contribution in [0.5, 0.6) is 0 Å². The number of aromatic nitrogens is 2. The van der Waals surface area contributed by atoms with Crippen LogP contribution in [0.3, 0.4) is 0 Å². The lowest BCUT2D eigenvalue weighted by Crippen LogP contribution is -2.10. The average Bonchev–Trinajstić information content (AvgIpc) is 2.13. The highest BCUT2D eigenvalue weighted by molar-refractivity contribution is 7.86. The molecule has 1 heterocycles. The molecule has 0 aromatic carbocycles. The molecule has 1 aromatic rings. The number of hydrogen-bond donors (Lipinski definition) is 0. The molecule has 0 bridgehead atoms. The molecule has 0 unspecified atom stereocenters. The van der Waals surface area contributed by atoms with Crippen LogP contribution >= 0.6 is 0 Å². The molecule has 0 atom stereocenters. The second kappa shape index (κ2) is 4.32. The van der Waals surface area contributed by atoms with Gasteiger partial charge in [0.05, 0.1) is 17.6 Å². The van der Waals surface area contributed by atoms with Gasteiger partial charge in [-0.2, -0.15) is 21.6 Å². The van der Waals surface area contributed by atoms with Crippen molar-refractivity contribution in [1.29, 1.82) is 0 Å².